The highest BCUT2D eigenvalue weighted by molar-refractivity contribution is 9.10. The van der Waals surface area contributed by atoms with Gasteiger partial charge in [-0.2, -0.15) is 5.10 Å². The summed E-state index contributed by atoms with van der Waals surface area (Å²) in [5, 5.41) is 5.17. The Labute approximate surface area is 166 Å². The van der Waals surface area contributed by atoms with E-state index in [9.17, 15) is 4.79 Å². The molecule has 0 spiro atoms. The van der Waals surface area contributed by atoms with Gasteiger partial charge in [-0.3, -0.25) is 4.79 Å². The van der Waals surface area contributed by atoms with E-state index < -0.39 is 0 Å². The Morgan fingerprint density at radius 2 is 1.81 bits per heavy atom. The highest BCUT2D eigenvalue weighted by atomic mass is 79.9. The minimum atomic E-state index is -0.153. The number of halogens is 1. The first kappa shape index (κ1) is 17.6. The molecule has 0 amide bonds. The van der Waals surface area contributed by atoms with Crippen LogP contribution in [0.4, 0.5) is 0 Å². The molecule has 0 radical (unpaired) electrons. The van der Waals surface area contributed by atoms with Crippen molar-refractivity contribution in [2.75, 3.05) is 0 Å². The number of carbonyl (C=O) groups excluding carboxylic acids is 1. The van der Waals surface area contributed by atoms with E-state index in [0.717, 1.165) is 43.6 Å². The molecule has 4 aromatic rings. The Kier molecular flexibility index (Phi) is 4.40. The summed E-state index contributed by atoms with van der Waals surface area (Å²) in [6, 6.07) is 17.7. The molecule has 4 rings (SSSR count). The van der Waals surface area contributed by atoms with Crippen LogP contribution >= 0.6 is 15.9 Å². The van der Waals surface area contributed by atoms with Crippen LogP contribution in [0.15, 0.2) is 59.1 Å². The van der Waals surface area contributed by atoms with Crippen LogP contribution in [-0.4, -0.2) is 20.7 Å². The molecule has 4 nitrogen and oxygen atoms in total. The zero-order chi connectivity index (χ0) is 19.1. The molecule has 0 N–H and O–H groups in total. The number of pyridine rings is 1. The van der Waals surface area contributed by atoms with Gasteiger partial charge in [-0.25, -0.2) is 9.67 Å². The van der Waals surface area contributed by atoms with Crippen LogP contribution in [0.3, 0.4) is 0 Å². The maximum absolute atomic E-state index is 13.3. The SMILES string of the molecule is Cc1cccc(-c2cc(C(=O)n3nc(C)cc3C)c3cc(Br)ccc3n2)c1. The number of nitrogens with zero attached hydrogens (tertiary/aromatic N) is 3. The molecule has 0 aliphatic rings. The van der Waals surface area contributed by atoms with Gasteiger partial charge in [0.2, 0.25) is 0 Å². The van der Waals surface area contributed by atoms with E-state index in [0.29, 0.717) is 5.56 Å². The van der Waals surface area contributed by atoms with Gasteiger partial charge in [0.15, 0.2) is 0 Å². The Hall–Kier alpha value is -2.79. The van der Waals surface area contributed by atoms with Crippen molar-refractivity contribution >= 4 is 32.7 Å². The lowest BCUT2D eigenvalue weighted by atomic mass is 10.0. The number of carbonyl (C=O) groups is 1. The fraction of sp³-hybridized carbons (Fsp3) is 0.136. The van der Waals surface area contributed by atoms with Crippen LogP contribution in [0.25, 0.3) is 22.2 Å². The maximum atomic E-state index is 13.3. The monoisotopic (exact) mass is 419 g/mol. The average Bonchev–Trinajstić information content (AvgIpc) is 2.98. The van der Waals surface area contributed by atoms with Gasteiger partial charge < -0.3 is 0 Å². The number of aromatic nitrogens is 3. The van der Waals surface area contributed by atoms with Crippen LogP contribution in [-0.2, 0) is 0 Å². The number of rotatable bonds is 2. The van der Waals surface area contributed by atoms with Crippen molar-refractivity contribution in [1.29, 1.82) is 0 Å². The molecule has 0 unspecified atom stereocenters. The molecule has 0 fully saturated rings. The molecule has 27 heavy (non-hydrogen) atoms. The largest absolute Gasteiger partial charge is 0.279 e. The minimum absolute atomic E-state index is 0.153. The first-order valence-corrected chi connectivity index (χ1v) is 9.47. The molecule has 0 aliphatic heterocycles. The smallest absolute Gasteiger partial charge is 0.267 e. The molecular weight excluding hydrogens is 402 g/mol. The van der Waals surface area contributed by atoms with E-state index in [1.807, 2.05) is 69.3 Å². The first-order chi connectivity index (χ1) is 12.9. The Bertz CT molecular complexity index is 1190. The Balaban J connectivity index is 1.98. The minimum Gasteiger partial charge on any atom is -0.267 e. The van der Waals surface area contributed by atoms with Gasteiger partial charge in [0.1, 0.15) is 0 Å². The van der Waals surface area contributed by atoms with E-state index in [1.165, 1.54) is 4.68 Å². The summed E-state index contributed by atoms with van der Waals surface area (Å²) < 4.78 is 2.37. The molecular formula is C22H18BrN3O. The number of fused-ring (bicyclic) bond motifs is 1. The maximum Gasteiger partial charge on any atom is 0.279 e. The van der Waals surface area contributed by atoms with Crippen molar-refractivity contribution in [1.82, 2.24) is 14.8 Å². The van der Waals surface area contributed by atoms with Crippen molar-refractivity contribution in [3.05, 3.63) is 81.6 Å². The summed E-state index contributed by atoms with van der Waals surface area (Å²) in [6.45, 7) is 5.82. The summed E-state index contributed by atoms with van der Waals surface area (Å²) in [6.07, 6.45) is 0. The highest BCUT2D eigenvalue weighted by Gasteiger charge is 2.18. The zero-order valence-corrected chi connectivity index (χ0v) is 16.9. The molecule has 2 heterocycles. The second kappa shape index (κ2) is 6.74. The number of aryl methyl sites for hydroxylation is 3. The standard InChI is InChI=1S/C22H18BrN3O/c1-13-5-4-6-16(9-13)21-12-19(18-11-17(23)7-8-20(18)24-21)22(27)26-15(3)10-14(2)25-26/h4-12H,1-3H3. The second-order valence-electron chi connectivity index (χ2n) is 6.73. The third kappa shape index (κ3) is 3.30. The molecule has 0 bridgehead atoms. The average molecular weight is 420 g/mol. The molecule has 0 saturated carbocycles. The third-order valence-electron chi connectivity index (χ3n) is 4.52. The fourth-order valence-corrected chi connectivity index (χ4v) is 3.64. The lowest BCUT2D eigenvalue weighted by Gasteiger charge is -2.11. The van der Waals surface area contributed by atoms with E-state index in [-0.39, 0.29) is 5.91 Å². The van der Waals surface area contributed by atoms with Gasteiger partial charge in [0.05, 0.1) is 22.5 Å². The van der Waals surface area contributed by atoms with Crippen molar-refractivity contribution in [2.24, 2.45) is 0 Å². The van der Waals surface area contributed by atoms with Crippen LogP contribution in [0.2, 0.25) is 0 Å². The van der Waals surface area contributed by atoms with Gasteiger partial charge >= 0.3 is 0 Å². The van der Waals surface area contributed by atoms with Gasteiger partial charge in [0, 0.05) is 21.1 Å². The molecule has 0 aliphatic carbocycles. The summed E-state index contributed by atoms with van der Waals surface area (Å²) in [5.74, 6) is -0.153. The zero-order valence-electron chi connectivity index (χ0n) is 15.3. The summed E-state index contributed by atoms with van der Waals surface area (Å²) in [7, 11) is 0. The first-order valence-electron chi connectivity index (χ1n) is 8.68. The predicted molar refractivity (Wildman–Crippen MR) is 111 cm³/mol. The molecule has 0 saturated heterocycles. The number of hydrogen-bond acceptors (Lipinski definition) is 3. The highest BCUT2D eigenvalue weighted by Crippen LogP contribution is 2.28. The van der Waals surface area contributed by atoms with Crippen LogP contribution in [0.5, 0.6) is 0 Å². The topological polar surface area (TPSA) is 47.8 Å². The van der Waals surface area contributed by atoms with Gasteiger partial charge in [-0.05, 0) is 57.2 Å². The summed E-state index contributed by atoms with van der Waals surface area (Å²) >= 11 is 3.50. The second-order valence-corrected chi connectivity index (χ2v) is 7.65. The molecule has 0 atom stereocenters. The van der Waals surface area contributed by atoms with E-state index in [2.05, 4.69) is 27.1 Å². The van der Waals surface area contributed by atoms with Gasteiger partial charge in [0.25, 0.3) is 5.91 Å². The van der Waals surface area contributed by atoms with Gasteiger partial charge in [-0.1, -0.05) is 39.7 Å². The molecule has 134 valence electrons. The molecule has 5 heteroatoms. The predicted octanol–water partition coefficient (Wildman–Crippen LogP) is 5.47. The van der Waals surface area contributed by atoms with Crippen LogP contribution in [0, 0.1) is 20.8 Å². The lowest BCUT2D eigenvalue weighted by molar-refractivity contribution is 0.0944. The van der Waals surface area contributed by atoms with Crippen molar-refractivity contribution in [3.8, 4) is 11.3 Å². The fourth-order valence-electron chi connectivity index (χ4n) is 3.28. The lowest BCUT2D eigenvalue weighted by Crippen LogP contribution is -2.16. The van der Waals surface area contributed by atoms with Crippen LogP contribution in [0.1, 0.15) is 27.3 Å². The molecule has 2 aromatic carbocycles. The van der Waals surface area contributed by atoms with E-state index in [4.69, 9.17) is 4.98 Å². The van der Waals surface area contributed by atoms with Crippen molar-refractivity contribution in [2.45, 2.75) is 20.8 Å². The normalized spacial score (nSPS) is 11.1. The third-order valence-corrected chi connectivity index (χ3v) is 5.01. The van der Waals surface area contributed by atoms with Gasteiger partial charge in [-0.15, -0.1) is 0 Å². The summed E-state index contributed by atoms with van der Waals surface area (Å²) in [5.41, 5.74) is 5.91. The Morgan fingerprint density at radius 1 is 1.00 bits per heavy atom. The van der Waals surface area contributed by atoms with Crippen molar-refractivity contribution < 1.29 is 4.79 Å². The summed E-state index contributed by atoms with van der Waals surface area (Å²) in [4.78, 5) is 18.1. The van der Waals surface area contributed by atoms with Crippen LogP contribution < -0.4 is 0 Å². The van der Waals surface area contributed by atoms with Crippen molar-refractivity contribution in [3.63, 3.8) is 0 Å². The van der Waals surface area contributed by atoms with E-state index in [1.54, 1.807) is 0 Å². The quantitative estimate of drug-likeness (QED) is 0.432. The molecule has 2 aromatic heterocycles. The number of benzene rings is 2. The van der Waals surface area contributed by atoms with E-state index >= 15 is 0 Å². The Morgan fingerprint density at radius 3 is 2.52 bits per heavy atom. The number of hydrogen-bond donors (Lipinski definition) is 0.